The second-order valence-corrected chi connectivity index (χ2v) is 9.08. The summed E-state index contributed by atoms with van der Waals surface area (Å²) < 4.78 is 5.88. The number of aliphatic hydroxyl groups excluding tert-OH is 1. The fourth-order valence-corrected chi connectivity index (χ4v) is 4.14. The molecule has 1 aliphatic rings. The lowest BCUT2D eigenvalue weighted by atomic mass is 9.95. The summed E-state index contributed by atoms with van der Waals surface area (Å²) in [5.74, 6) is -0.885. The highest BCUT2D eigenvalue weighted by molar-refractivity contribution is 6.46. The van der Waals surface area contributed by atoms with Crippen molar-refractivity contribution in [1.82, 2.24) is 9.80 Å². The molecule has 3 aromatic rings. The number of carbonyl (C=O) groups excluding carboxylic acids is 2. The first-order valence-corrected chi connectivity index (χ1v) is 11.7. The number of rotatable bonds is 8. The summed E-state index contributed by atoms with van der Waals surface area (Å²) in [7, 11) is 3.80. The van der Waals surface area contributed by atoms with Crippen LogP contribution in [-0.2, 0) is 16.2 Å². The fraction of sp³-hybridized carbons (Fsp3) is 0.214. The van der Waals surface area contributed by atoms with Crippen molar-refractivity contribution in [3.05, 3.63) is 106 Å². The van der Waals surface area contributed by atoms with E-state index in [2.05, 4.69) is 0 Å². The van der Waals surface area contributed by atoms with Crippen molar-refractivity contribution >= 4 is 29.1 Å². The molecule has 180 valence electrons. The van der Waals surface area contributed by atoms with Gasteiger partial charge in [-0.15, -0.1) is 0 Å². The van der Waals surface area contributed by atoms with E-state index in [9.17, 15) is 14.7 Å². The molecule has 1 aliphatic heterocycles. The van der Waals surface area contributed by atoms with Gasteiger partial charge in [-0.1, -0.05) is 54.1 Å². The van der Waals surface area contributed by atoms with Crippen molar-refractivity contribution in [2.24, 2.45) is 0 Å². The maximum Gasteiger partial charge on any atom is 0.295 e. The van der Waals surface area contributed by atoms with Gasteiger partial charge in [0.15, 0.2) is 0 Å². The average molecular weight is 491 g/mol. The molecular weight excluding hydrogens is 464 g/mol. The van der Waals surface area contributed by atoms with E-state index in [1.165, 1.54) is 4.90 Å². The molecule has 7 heteroatoms. The van der Waals surface area contributed by atoms with Crippen LogP contribution in [0.3, 0.4) is 0 Å². The second kappa shape index (κ2) is 10.8. The normalized spacial score (nSPS) is 17.3. The van der Waals surface area contributed by atoms with Crippen molar-refractivity contribution in [2.45, 2.75) is 12.6 Å². The van der Waals surface area contributed by atoms with Crippen molar-refractivity contribution in [1.29, 1.82) is 0 Å². The Labute approximate surface area is 210 Å². The number of likely N-dealkylation sites (tertiary alicyclic amines) is 1. The lowest BCUT2D eigenvalue weighted by molar-refractivity contribution is -0.140. The van der Waals surface area contributed by atoms with Crippen LogP contribution in [0.2, 0.25) is 5.02 Å². The van der Waals surface area contributed by atoms with Crippen LogP contribution in [0, 0.1) is 0 Å². The highest BCUT2D eigenvalue weighted by Gasteiger charge is 2.45. The Morgan fingerprint density at radius 2 is 1.63 bits per heavy atom. The summed E-state index contributed by atoms with van der Waals surface area (Å²) in [5, 5.41) is 11.6. The summed E-state index contributed by atoms with van der Waals surface area (Å²) >= 11 is 5.98. The molecule has 1 fully saturated rings. The van der Waals surface area contributed by atoms with Crippen LogP contribution in [-0.4, -0.2) is 53.8 Å². The minimum Gasteiger partial charge on any atom is -0.507 e. The number of carbonyl (C=O) groups is 2. The molecule has 1 atom stereocenters. The van der Waals surface area contributed by atoms with E-state index in [1.807, 2.05) is 73.6 Å². The Hall–Kier alpha value is -3.61. The first-order chi connectivity index (χ1) is 16.8. The zero-order chi connectivity index (χ0) is 24.9. The van der Waals surface area contributed by atoms with Crippen LogP contribution >= 0.6 is 11.6 Å². The zero-order valence-corrected chi connectivity index (χ0v) is 20.4. The molecule has 1 heterocycles. The Morgan fingerprint density at radius 3 is 2.26 bits per heavy atom. The van der Waals surface area contributed by atoms with Gasteiger partial charge in [0.25, 0.3) is 11.7 Å². The quantitative estimate of drug-likeness (QED) is 0.276. The van der Waals surface area contributed by atoms with Crippen LogP contribution in [0.5, 0.6) is 5.75 Å². The molecule has 0 spiro atoms. The molecule has 0 aromatic heterocycles. The van der Waals surface area contributed by atoms with Gasteiger partial charge in [0.05, 0.1) is 11.6 Å². The van der Waals surface area contributed by atoms with E-state index in [0.29, 0.717) is 41.6 Å². The number of amides is 1. The van der Waals surface area contributed by atoms with Crippen LogP contribution < -0.4 is 4.74 Å². The van der Waals surface area contributed by atoms with Crippen molar-refractivity contribution in [3.8, 4) is 5.75 Å². The number of hydrogen-bond acceptors (Lipinski definition) is 5. The highest BCUT2D eigenvalue weighted by Crippen LogP contribution is 2.39. The molecule has 35 heavy (non-hydrogen) atoms. The zero-order valence-electron chi connectivity index (χ0n) is 19.6. The molecule has 4 rings (SSSR count). The topological polar surface area (TPSA) is 70.1 Å². The van der Waals surface area contributed by atoms with Gasteiger partial charge in [0.1, 0.15) is 18.1 Å². The molecule has 1 amide bonds. The number of benzene rings is 3. The fourth-order valence-electron chi connectivity index (χ4n) is 4.02. The van der Waals surface area contributed by atoms with Gasteiger partial charge in [-0.2, -0.15) is 0 Å². The van der Waals surface area contributed by atoms with Crippen molar-refractivity contribution in [2.75, 3.05) is 27.2 Å². The summed E-state index contributed by atoms with van der Waals surface area (Å²) in [5.41, 5.74) is 2.25. The van der Waals surface area contributed by atoms with Crippen LogP contribution in [0.25, 0.3) is 5.76 Å². The predicted octanol–water partition coefficient (Wildman–Crippen LogP) is 4.90. The first-order valence-electron chi connectivity index (χ1n) is 11.3. The summed E-state index contributed by atoms with van der Waals surface area (Å²) in [6.45, 7) is 1.34. The molecule has 0 radical (unpaired) electrons. The predicted molar refractivity (Wildman–Crippen MR) is 136 cm³/mol. The summed E-state index contributed by atoms with van der Waals surface area (Å²) in [4.78, 5) is 29.5. The number of ether oxygens (including phenoxy) is 1. The second-order valence-electron chi connectivity index (χ2n) is 8.65. The number of Topliss-reactive ketones (excluding diaryl/α,β-unsaturated/α-hetero) is 1. The van der Waals surface area contributed by atoms with Crippen molar-refractivity contribution in [3.63, 3.8) is 0 Å². The number of halogens is 1. The van der Waals surface area contributed by atoms with E-state index in [4.69, 9.17) is 16.3 Å². The molecule has 6 nitrogen and oxygen atoms in total. The van der Waals surface area contributed by atoms with E-state index in [1.54, 1.807) is 24.3 Å². The van der Waals surface area contributed by atoms with Gasteiger partial charge >= 0.3 is 0 Å². The molecule has 3 aromatic carbocycles. The largest absolute Gasteiger partial charge is 0.507 e. The molecule has 1 saturated heterocycles. The smallest absolute Gasteiger partial charge is 0.295 e. The van der Waals surface area contributed by atoms with Gasteiger partial charge in [-0.05, 0) is 61.6 Å². The van der Waals surface area contributed by atoms with E-state index >= 15 is 0 Å². The Bertz CT molecular complexity index is 1220. The summed E-state index contributed by atoms with van der Waals surface area (Å²) in [6, 6.07) is 22.9. The van der Waals surface area contributed by atoms with Gasteiger partial charge in [-0.25, -0.2) is 0 Å². The standard InChI is InChI=1S/C28H27ClN2O4/c1-30(2)16-17-31-25(20-10-14-23(15-11-20)35-18-19-6-4-3-5-7-19)24(27(33)28(31)34)26(32)21-8-12-22(29)13-9-21/h3-15,25,32H,16-18H2,1-2H3/b26-24-. The third kappa shape index (κ3) is 5.56. The molecule has 0 saturated carbocycles. The van der Waals surface area contributed by atoms with Crippen molar-refractivity contribution < 1.29 is 19.4 Å². The van der Waals surface area contributed by atoms with E-state index < -0.39 is 17.7 Å². The Kier molecular flexibility index (Phi) is 7.54. The minimum absolute atomic E-state index is 0.0639. The molecule has 0 aliphatic carbocycles. The lowest BCUT2D eigenvalue weighted by Gasteiger charge is -2.26. The molecular formula is C28H27ClN2O4. The Morgan fingerprint density at radius 1 is 0.971 bits per heavy atom. The monoisotopic (exact) mass is 490 g/mol. The Balaban J connectivity index is 1.67. The number of nitrogens with zero attached hydrogens (tertiary/aromatic N) is 2. The van der Waals surface area contributed by atoms with Crippen LogP contribution in [0.15, 0.2) is 84.4 Å². The SMILES string of the molecule is CN(C)CCN1C(=O)C(=O)/C(=C(\O)c2ccc(Cl)cc2)C1c1ccc(OCc2ccccc2)cc1. The highest BCUT2D eigenvalue weighted by atomic mass is 35.5. The third-order valence-corrected chi connectivity index (χ3v) is 6.14. The van der Waals surface area contributed by atoms with E-state index in [-0.39, 0.29) is 11.3 Å². The maximum absolute atomic E-state index is 13.1. The lowest BCUT2D eigenvalue weighted by Crippen LogP contribution is -2.35. The maximum atomic E-state index is 13.1. The van der Waals surface area contributed by atoms with Crippen LogP contribution in [0.1, 0.15) is 22.7 Å². The molecule has 1 N–H and O–H groups in total. The van der Waals surface area contributed by atoms with E-state index in [0.717, 1.165) is 5.56 Å². The molecule has 1 unspecified atom stereocenters. The average Bonchev–Trinajstić information content (AvgIpc) is 3.12. The first kappa shape index (κ1) is 24.5. The van der Waals surface area contributed by atoms with Gasteiger partial charge in [0.2, 0.25) is 0 Å². The minimum atomic E-state index is -0.714. The van der Waals surface area contributed by atoms with Gasteiger partial charge in [0, 0.05) is 23.7 Å². The number of likely N-dealkylation sites (N-methyl/N-ethyl adjacent to an activating group) is 1. The third-order valence-electron chi connectivity index (χ3n) is 5.89. The number of aliphatic hydroxyl groups is 1. The van der Waals surface area contributed by atoms with Gasteiger partial charge < -0.3 is 19.6 Å². The van der Waals surface area contributed by atoms with Gasteiger partial charge in [-0.3, -0.25) is 9.59 Å². The van der Waals surface area contributed by atoms with Crippen LogP contribution in [0.4, 0.5) is 0 Å². The summed E-state index contributed by atoms with van der Waals surface area (Å²) in [6.07, 6.45) is 0. The number of hydrogen-bond donors (Lipinski definition) is 1. The number of ketones is 1. The molecule has 0 bridgehead atoms.